The first-order chi connectivity index (χ1) is 14.5. The third-order valence-electron chi connectivity index (χ3n) is 3.78. The molecule has 1 unspecified atom stereocenters. The van der Waals surface area contributed by atoms with Crippen LogP contribution in [0.4, 0.5) is 10.1 Å². The summed E-state index contributed by atoms with van der Waals surface area (Å²) in [6, 6.07) is 9.21. The zero-order valence-electron chi connectivity index (χ0n) is 16.4. The summed E-state index contributed by atoms with van der Waals surface area (Å²) in [7, 11) is 1.23. The number of benzene rings is 1. The molecule has 0 aliphatic heterocycles. The highest BCUT2D eigenvalue weighted by molar-refractivity contribution is 6.31. The van der Waals surface area contributed by atoms with E-state index in [1.807, 2.05) is 0 Å². The molecular weight excluding hydrogens is 413 g/mol. The monoisotopic (exact) mass is 433 g/mol. The molecule has 2 rings (SSSR count). The highest BCUT2D eigenvalue weighted by Crippen LogP contribution is 2.20. The van der Waals surface area contributed by atoms with E-state index in [0.29, 0.717) is 11.4 Å². The molecule has 9 heteroatoms. The highest BCUT2D eigenvalue weighted by Gasteiger charge is 2.20. The van der Waals surface area contributed by atoms with Crippen LogP contribution in [0.15, 0.2) is 66.8 Å². The molecule has 2 N–H and O–H groups in total. The quantitative estimate of drug-likeness (QED) is 0.459. The lowest BCUT2D eigenvalue weighted by atomic mass is 10.1. The first-order valence-corrected chi connectivity index (χ1v) is 9.35. The molecule has 0 saturated carbocycles. The Bertz CT molecular complexity index is 935. The number of hydrogen-bond donors (Lipinski definition) is 2. The van der Waals surface area contributed by atoms with Crippen LogP contribution in [0.2, 0.25) is 5.02 Å². The normalized spacial score (nSPS) is 12.3. The number of anilines is 1. The summed E-state index contributed by atoms with van der Waals surface area (Å²) in [5, 5.41) is 5.53. The highest BCUT2D eigenvalue weighted by atomic mass is 35.5. The number of carbonyl (C=O) groups is 2. The molecule has 1 aromatic heterocycles. The number of ether oxygens (including phenoxy) is 2. The zero-order chi connectivity index (χ0) is 21.9. The van der Waals surface area contributed by atoms with Gasteiger partial charge in [0.2, 0.25) is 0 Å². The Morgan fingerprint density at radius 1 is 1.30 bits per heavy atom. The van der Waals surface area contributed by atoms with E-state index in [2.05, 4.69) is 15.6 Å². The van der Waals surface area contributed by atoms with Crippen molar-refractivity contribution < 1.29 is 23.5 Å². The van der Waals surface area contributed by atoms with Gasteiger partial charge < -0.3 is 20.1 Å². The second-order valence-electron chi connectivity index (χ2n) is 5.81. The molecule has 30 heavy (non-hydrogen) atoms. The second-order valence-corrected chi connectivity index (χ2v) is 6.22. The molecule has 0 spiro atoms. The minimum atomic E-state index is -0.763. The number of halogens is 2. The van der Waals surface area contributed by atoms with Gasteiger partial charge in [-0.15, -0.1) is 0 Å². The van der Waals surface area contributed by atoms with Crippen molar-refractivity contribution in [3.63, 3.8) is 0 Å². The van der Waals surface area contributed by atoms with E-state index in [-0.39, 0.29) is 17.3 Å². The SMILES string of the molecule is CCOC(=O)C(/C=C/N/C(=C\Nc1ccc(F)c(Cl)c1)C(=O)OC)c1ccccn1. The summed E-state index contributed by atoms with van der Waals surface area (Å²) in [6.45, 7) is 1.93. The maximum Gasteiger partial charge on any atom is 0.355 e. The van der Waals surface area contributed by atoms with E-state index in [1.165, 1.54) is 43.8 Å². The van der Waals surface area contributed by atoms with Gasteiger partial charge in [-0.2, -0.15) is 0 Å². The number of rotatable bonds is 9. The lowest BCUT2D eigenvalue weighted by Crippen LogP contribution is -2.20. The average Bonchev–Trinajstić information content (AvgIpc) is 2.75. The van der Waals surface area contributed by atoms with Gasteiger partial charge in [0.25, 0.3) is 0 Å². The number of hydrogen-bond acceptors (Lipinski definition) is 7. The fourth-order valence-electron chi connectivity index (χ4n) is 2.33. The average molecular weight is 434 g/mol. The van der Waals surface area contributed by atoms with Crippen LogP contribution >= 0.6 is 11.6 Å². The minimum Gasteiger partial charge on any atom is -0.465 e. The Hall–Kier alpha value is -3.39. The van der Waals surface area contributed by atoms with Crippen molar-refractivity contribution in [1.82, 2.24) is 10.3 Å². The van der Waals surface area contributed by atoms with Crippen LogP contribution in [-0.2, 0) is 19.1 Å². The van der Waals surface area contributed by atoms with Gasteiger partial charge in [-0.3, -0.25) is 9.78 Å². The van der Waals surface area contributed by atoms with Gasteiger partial charge in [0.15, 0.2) is 0 Å². The molecule has 0 fully saturated rings. The van der Waals surface area contributed by atoms with Crippen LogP contribution in [0.3, 0.4) is 0 Å². The summed E-state index contributed by atoms with van der Waals surface area (Å²) in [5.41, 5.74) is 1.00. The molecule has 1 atom stereocenters. The van der Waals surface area contributed by atoms with Crippen molar-refractivity contribution in [2.24, 2.45) is 0 Å². The van der Waals surface area contributed by atoms with Gasteiger partial charge in [-0.25, -0.2) is 9.18 Å². The fraction of sp³-hybridized carbons (Fsp3) is 0.190. The molecule has 1 heterocycles. The van der Waals surface area contributed by atoms with Gasteiger partial charge in [0.05, 0.1) is 24.4 Å². The van der Waals surface area contributed by atoms with Crippen molar-refractivity contribution >= 4 is 29.2 Å². The number of aromatic nitrogens is 1. The predicted molar refractivity (Wildman–Crippen MR) is 111 cm³/mol. The maximum absolute atomic E-state index is 13.3. The van der Waals surface area contributed by atoms with Gasteiger partial charge >= 0.3 is 11.9 Å². The number of carbonyl (C=O) groups excluding carboxylic acids is 2. The smallest absolute Gasteiger partial charge is 0.355 e. The topological polar surface area (TPSA) is 89.6 Å². The summed E-state index contributed by atoms with van der Waals surface area (Å²) in [4.78, 5) is 28.5. The Kier molecular flexibility index (Phi) is 8.83. The van der Waals surface area contributed by atoms with Crippen molar-refractivity contribution in [2.45, 2.75) is 12.8 Å². The van der Waals surface area contributed by atoms with Crippen molar-refractivity contribution in [3.05, 3.63) is 83.3 Å². The fourth-order valence-corrected chi connectivity index (χ4v) is 2.52. The molecule has 7 nitrogen and oxygen atoms in total. The molecule has 2 aromatic rings. The number of methoxy groups -OCH3 is 1. The van der Waals surface area contributed by atoms with E-state index >= 15 is 0 Å². The Morgan fingerprint density at radius 3 is 2.73 bits per heavy atom. The predicted octanol–water partition coefficient (Wildman–Crippen LogP) is 3.75. The Balaban J connectivity index is 2.17. The van der Waals surface area contributed by atoms with Crippen LogP contribution in [-0.4, -0.2) is 30.6 Å². The summed E-state index contributed by atoms with van der Waals surface area (Å²) in [5.74, 6) is -2.45. The van der Waals surface area contributed by atoms with Crippen LogP contribution in [0, 0.1) is 5.82 Å². The van der Waals surface area contributed by atoms with E-state index in [1.54, 1.807) is 31.3 Å². The second kappa shape index (κ2) is 11.6. The molecule has 0 saturated heterocycles. The molecule has 0 bridgehead atoms. The lowest BCUT2D eigenvalue weighted by molar-refractivity contribution is -0.143. The number of esters is 2. The zero-order valence-corrected chi connectivity index (χ0v) is 17.2. The van der Waals surface area contributed by atoms with Gasteiger partial charge in [-0.05, 0) is 49.5 Å². The van der Waals surface area contributed by atoms with Crippen LogP contribution in [0.5, 0.6) is 0 Å². The van der Waals surface area contributed by atoms with E-state index < -0.39 is 23.7 Å². The van der Waals surface area contributed by atoms with Gasteiger partial charge in [-0.1, -0.05) is 17.7 Å². The number of pyridine rings is 1. The molecule has 158 valence electrons. The standard InChI is InChI=1S/C21H21ClFN3O4/c1-3-30-20(27)15(18-6-4-5-10-24-18)9-11-25-19(21(28)29-2)13-26-14-7-8-17(23)16(22)12-14/h4-13,15,25-26H,3H2,1-2H3/b11-9+,19-13-. The first-order valence-electron chi connectivity index (χ1n) is 8.97. The van der Waals surface area contributed by atoms with Gasteiger partial charge in [0, 0.05) is 18.1 Å². The molecule has 1 aromatic carbocycles. The summed E-state index contributed by atoms with van der Waals surface area (Å²) in [6.07, 6.45) is 5.84. The van der Waals surface area contributed by atoms with Gasteiger partial charge in [0.1, 0.15) is 17.4 Å². The van der Waals surface area contributed by atoms with E-state index in [9.17, 15) is 14.0 Å². The van der Waals surface area contributed by atoms with Crippen molar-refractivity contribution in [1.29, 1.82) is 0 Å². The maximum atomic E-state index is 13.3. The largest absolute Gasteiger partial charge is 0.465 e. The molecular formula is C21H21ClFN3O4. The van der Waals surface area contributed by atoms with E-state index in [4.69, 9.17) is 21.1 Å². The van der Waals surface area contributed by atoms with E-state index in [0.717, 1.165) is 0 Å². The number of nitrogens with zero attached hydrogens (tertiary/aromatic N) is 1. The van der Waals surface area contributed by atoms with Crippen LogP contribution in [0.25, 0.3) is 0 Å². The van der Waals surface area contributed by atoms with Crippen LogP contribution in [0.1, 0.15) is 18.5 Å². The summed E-state index contributed by atoms with van der Waals surface area (Å²) < 4.78 is 23.1. The molecule has 0 aliphatic carbocycles. The minimum absolute atomic E-state index is 0.0397. The van der Waals surface area contributed by atoms with Crippen molar-refractivity contribution in [2.75, 3.05) is 19.0 Å². The third kappa shape index (κ3) is 6.59. The molecule has 0 radical (unpaired) electrons. The lowest BCUT2D eigenvalue weighted by Gasteiger charge is -2.12. The third-order valence-corrected chi connectivity index (χ3v) is 4.07. The van der Waals surface area contributed by atoms with Crippen LogP contribution < -0.4 is 10.6 Å². The first kappa shape index (κ1) is 22.9. The molecule has 0 amide bonds. The van der Waals surface area contributed by atoms with Crippen molar-refractivity contribution in [3.8, 4) is 0 Å². The molecule has 0 aliphatic rings. The Labute approximate surface area is 178 Å². The Morgan fingerprint density at radius 2 is 2.10 bits per heavy atom. The summed E-state index contributed by atoms with van der Waals surface area (Å²) >= 11 is 5.75. The number of nitrogens with one attached hydrogen (secondary N) is 2.